The second kappa shape index (κ2) is 10.9. The molecule has 3 heteroatoms. The van der Waals surface area contributed by atoms with Crippen LogP contribution in [-0.4, -0.2) is 16.2 Å². The van der Waals surface area contributed by atoms with E-state index in [1.54, 1.807) is 0 Å². The Labute approximate surface area is 170 Å². The Morgan fingerprint density at radius 2 is 1.64 bits per heavy atom. The third kappa shape index (κ3) is 7.03. The predicted molar refractivity (Wildman–Crippen MR) is 117 cm³/mol. The van der Waals surface area contributed by atoms with Crippen LogP contribution >= 0.6 is 0 Å². The third-order valence-electron chi connectivity index (χ3n) is 5.30. The number of carboxylic acid groups (broad SMARTS) is 1. The van der Waals surface area contributed by atoms with Gasteiger partial charge in [0.15, 0.2) is 0 Å². The lowest BCUT2D eigenvalue weighted by Crippen LogP contribution is -2.19. The Morgan fingerprint density at radius 1 is 1.04 bits per heavy atom. The van der Waals surface area contributed by atoms with E-state index in [0.717, 1.165) is 29.5 Å². The maximum Gasteiger partial charge on any atom is 0.307 e. The summed E-state index contributed by atoms with van der Waals surface area (Å²) >= 11 is 0. The molecule has 0 saturated carbocycles. The highest BCUT2D eigenvalue weighted by molar-refractivity contribution is 5.72. The highest BCUT2D eigenvalue weighted by Gasteiger charge is 2.26. The van der Waals surface area contributed by atoms with Gasteiger partial charge in [0.05, 0.1) is 6.42 Å². The number of aliphatic carboxylic acids is 1. The fraction of sp³-hybridized carbons (Fsp3) is 0.480. The van der Waals surface area contributed by atoms with Crippen molar-refractivity contribution in [3.8, 4) is 5.75 Å². The molecule has 0 aliphatic carbocycles. The standard InChI is InChI=1S/C18H28O3.C7H8/c1-6-7-8-9-18(4,5)15-10-12(2)14(11-16(19)20)13(3)17(15)21;1-7-5-3-2-4-6-7/h10,21H,6-9,11H2,1-5H3,(H,19,20);2-6H,1H3. The first kappa shape index (κ1) is 23.7. The Hall–Kier alpha value is -2.29. The van der Waals surface area contributed by atoms with Crippen molar-refractivity contribution >= 4 is 5.97 Å². The zero-order valence-corrected chi connectivity index (χ0v) is 18.3. The van der Waals surface area contributed by atoms with Crippen LogP contribution in [0.2, 0.25) is 0 Å². The van der Waals surface area contributed by atoms with E-state index in [4.69, 9.17) is 5.11 Å². The number of hydrogen-bond acceptors (Lipinski definition) is 2. The Bertz CT molecular complexity index is 761. The van der Waals surface area contributed by atoms with E-state index in [-0.39, 0.29) is 17.6 Å². The molecule has 0 radical (unpaired) electrons. The SMILES string of the molecule is CCCCCC(C)(C)c1cc(C)c(CC(=O)O)c(C)c1O.Cc1ccccc1. The molecule has 154 valence electrons. The zero-order chi connectivity index (χ0) is 21.3. The number of phenols is 1. The fourth-order valence-electron chi connectivity index (χ4n) is 3.44. The lowest BCUT2D eigenvalue weighted by molar-refractivity contribution is -0.136. The van der Waals surface area contributed by atoms with Crippen molar-refractivity contribution in [2.24, 2.45) is 0 Å². The molecular weight excluding hydrogens is 348 g/mol. The molecule has 2 aromatic carbocycles. The minimum Gasteiger partial charge on any atom is -0.507 e. The van der Waals surface area contributed by atoms with Crippen LogP contribution in [0, 0.1) is 20.8 Å². The monoisotopic (exact) mass is 384 g/mol. The molecule has 2 rings (SSSR count). The quantitative estimate of drug-likeness (QED) is 0.536. The molecule has 0 bridgehead atoms. The summed E-state index contributed by atoms with van der Waals surface area (Å²) in [7, 11) is 0. The summed E-state index contributed by atoms with van der Waals surface area (Å²) in [4.78, 5) is 11.0. The number of unbranched alkanes of at least 4 members (excludes halogenated alkanes) is 2. The van der Waals surface area contributed by atoms with Gasteiger partial charge in [-0.25, -0.2) is 0 Å². The first-order chi connectivity index (χ1) is 13.1. The molecule has 0 fully saturated rings. The van der Waals surface area contributed by atoms with Crippen molar-refractivity contribution in [1.82, 2.24) is 0 Å². The molecule has 0 saturated heterocycles. The minimum atomic E-state index is -0.865. The molecule has 0 aliphatic heterocycles. The van der Waals surface area contributed by atoms with Crippen LogP contribution in [0.25, 0.3) is 0 Å². The van der Waals surface area contributed by atoms with Crippen molar-refractivity contribution in [3.63, 3.8) is 0 Å². The van der Waals surface area contributed by atoms with Crippen molar-refractivity contribution < 1.29 is 15.0 Å². The molecule has 0 unspecified atom stereocenters. The molecule has 3 nitrogen and oxygen atoms in total. The smallest absolute Gasteiger partial charge is 0.307 e. The molecule has 2 N–H and O–H groups in total. The Morgan fingerprint density at radius 3 is 2.11 bits per heavy atom. The van der Waals surface area contributed by atoms with Gasteiger partial charge in [0.25, 0.3) is 0 Å². The van der Waals surface area contributed by atoms with E-state index in [2.05, 4.69) is 39.8 Å². The molecule has 0 aromatic heterocycles. The van der Waals surface area contributed by atoms with Crippen LogP contribution in [0.15, 0.2) is 36.4 Å². The van der Waals surface area contributed by atoms with Gasteiger partial charge in [-0.15, -0.1) is 0 Å². The van der Waals surface area contributed by atoms with Gasteiger partial charge in [-0.2, -0.15) is 0 Å². The van der Waals surface area contributed by atoms with E-state index < -0.39 is 5.97 Å². The number of aromatic hydroxyl groups is 1. The van der Waals surface area contributed by atoms with Crippen LogP contribution < -0.4 is 0 Å². The minimum absolute atomic E-state index is 0.0399. The lowest BCUT2D eigenvalue weighted by atomic mass is 9.77. The lowest BCUT2D eigenvalue weighted by Gasteiger charge is -2.28. The fourth-order valence-corrected chi connectivity index (χ4v) is 3.44. The average molecular weight is 385 g/mol. The van der Waals surface area contributed by atoms with Crippen molar-refractivity contribution in [2.45, 2.75) is 79.1 Å². The zero-order valence-electron chi connectivity index (χ0n) is 18.3. The van der Waals surface area contributed by atoms with Crippen LogP contribution in [0.4, 0.5) is 0 Å². The second-order valence-corrected chi connectivity index (χ2v) is 8.26. The van der Waals surface area contributed by atoms with Gasteiger partial charge in [-0.05, 0) is 49.3 Å². The maximum atomic E-state index is 11.0. The van der Waals surface area contributed by atoms with Gasteiger partial charge in [0.2, 0.25) is 0 Å². The summed E-state index contributed by atoms with van der Waals surface area (Å²) < 4.78 is 0. The van der Waals surface area contributed by atoms with Gasteiger partial charge >= 0.3 is 5.97 Å². The summed E-state index contributed by atoms with van der Waals surface area (Å²) in [5.74, 6) is -0.603. The summed E-state index contributed by atoms with van der Waals surface area (Å²) in [6.07, 6.45) is 4.49. The van der Waals surface area contributed by atoms with Gasteiger partial charge in [-0.1, -0.05) is 82.0 Å². The highest BCUT2D eigenvalue weighted by Crippen LogP contribution is 2.39. The number of phenolic OH excluding ortho intramolecular Hbond substituents is 1. The van der Waals surface area contributed by atoms with Crippen molar-refractivity contribution in [3.05, 3.63) is 64.2 Å². The first-order valence-corrected chi connectivity index (χ1v) is 10.2. The van der Waals surface area contributed by atoms with Gasteiger partial charge in [-0.3, -0.25) is 4.79 Å². The van der Waals surface area contributed by atoms with Crippen LogP contribution in [0.1, 0.15) is 74.3 Å². The molecule has 2 aromatic rings. The van der Waals surface area contributed by atoms with Crippen molar-refractivity contribution in [2.75, 3.05) is 0 Å². The topological polar surface area (TPSA) is 57.5 Å². The molecule has 0 atom stereocenters. The van der Waals surface area contributed by atoms with Crippen LogP contribution in [-0.2, 0) is 16.6 Å². The maximum absolute atomic E-state index is 11.0. The van der Waals surface area contributed by atoms with E-state index in [1.165, 1.54) is 18.4 Å². The van der Waals surface area contributed by atoms with Crippen LogP contribution in [0.5, 0.6) is 5.75 Å². The summed E-state index contributed by atoms with van der Waals surface area (Å²) in [6, 6.07) is 12.2. The number of carbonyl (C=O) groups is 1. The largest absolute Gasteiger partial charge is 0.507 e. The number of hydrogen-bond donors (Lipinski definition) is 2. The number of benzene rings is 2. The average Bonchev–Trinajstić information content (AvgIpc) is 2.63. The van der Waals surface area contributed by atoms with Crippen LogP contribution in [0.3, 0.4) is 0 Å². The molecule has 0 aliphatic rings. The molecule has 0 heterocycles. The highest BCUT2D eigenvalue weighted by atomic mass is 16.4. The van der Waals surface area contributed by atoms with Crippen molar-refractivity contribution in [1.29, 1.82) is 0 Å². The normalized spacial score (nSPS) is 10.9. The third-order valence-corrected chi connectivity index (χ3v) is 5.30. The van der Waals surface area contributed by atoms with Gasteiger partial charge in [0.1, 0.15) is 5.75 Å². The van der Waals surface area contributed by atoms with E-state index in [1.807, 2.05) is 38.1 Å². The van der Waals surface area contributed by atoms with Gasteiger partial charge in [0, 0.05) is 5.56 Å². The Kier molecular flexibility index (Phi) is 9.24. The van der Waals surface area contributed by atoms with E-state index in [0.29, 0.717) is 5.56 Å². The predicted octanol–water partition coefficient (Wildman–Crippen LogP) is 6.49. The number of carboxylic acids is 1. The molecule has 0 amide bonds. The first-order valence-electron chi connectivity index (χ1n) is 10.2. The number of rotatable bonds is 7. The second-order valence-electron chi connectivity index (χ2n) is 8.26. The summed E-state index contributed by atoms with van der Waals surface area (Å²) in [6.45, 7) is 12.3. The van der Waals surface area contributed by atoms with Gasteiger partial charge < -0.3 is 10.2 Å². The molecule has 0 spiro atoms. The van der Waals surface area contributed by atoms with E-state index >= 15 is 0 Å². The summed E-state index contributed by atoms with van der Waals surface area (Å²) in [5.41, 5.74) is 4.54. The van der Waals surface area contributed by atoms with E-state index in [9.17, 15) is 9.90 Å². The molecule has 28 heavy (non-hydrogen) atoms. The Balaban J connectivity index is 0.000000467. The number of aryl methyl sites for hydroxylation is 2. The molecular formula is C25H36O3. The summed E-state index contributed by atoms with van der Waals surface area (Å²) in [5, 5.41) is 19.5.